The third-order valence-electron chi connectivity index (χ3n) is 5.91. The summed E-state index contributed by atoms with van der Waals surface area (Å²) in [5, 5.41) is 15.5. The molecule has 0 spiro atoms. The molecule has 7 nitrogen and oxygen atoms in total. The van der Waals surface area contributed by atoms with E-state index in [-0.39, 0.29) is 24.6 Å². The molecule has 2 unspecified atom stereocenters. The zero-order valence-corrected chi connectivity index (χ0v) is 20.7. The Morgan fingerprint density at radius 3 is 2.33 bits per heavy atom. The zero-order chi connectivity index (χ0) is 24.0. The molecule has 0 radical (unpaired) electrons. The van der Waals surface area contributed by atoms with Gasteiger partial charge in [0.15, 0.2) is 0 Å². The molecule has 1 saturated heterocycles. The van der Waals surface area contributed by atoms with Crippen LogP contribution in [-0.2, 0) is 4.79 Å². The molecule has 33 heavy (non-hydrogen) atoms. The summed E-state index contributed by atoms with van der Waals surface area (Å²) in [5.74, 6) is 0.336. The maximum Gasteiger partial charge on any atom is 0.318 e. The summed E-state index contributed by atoms with van der Waals surface area (Å²) < 4.78 is 5.23. The Balaban J connectivity index is 1.81. The van der Waals surface area contributed by atoms with Crippen molar-refractivity contribution in [2.24, 2.45) is 0 Å². The molecule has 2 atom stereocenters. The van der Waals surface area contributed by atoms with Crippen molar-refractivity contribution in [2.45, 2.75) is 36.2 Å². The molecule has 3 N–H and O–H groups in total. The van der Waals surface area contributed by atoms with E-state index in [1.807, 2.05) is 24.3 Å². The predicted molar refractivity (Wildman–Crippen MR) is 134 cm³/mol. The van der Waals surface area contributed by atoms with E-state index in [1.165, 1.54) is 4.90 Å². The first-order valence-corrected chi connectivity index (χ1v) is 14.0. The number of hydrogen-bond donors (Lipinski definition) is 3. The molecule has 1 aliphatic rings. The number of carbonyl (C=O) groups is 2. The molecule has 2 aromatic carbocycles. The van der Waals surface area contributed by atoms with Gasteiger partial charge in [-0.1, -0.05) is 12.1 Å². The summed E-state index contributed by atoms with van der Waals surface area (Å²) in [6.45, 7) is 0.472. The van der Waals surface area contributed by atoms with Crippen molar-refractivity contribution < 1.29 is 19.4 Å². The predicted octanol–water partition coefficient (Wildman–Crippen LogP) is 3.98. The number of nitrogens with one attached hydrogen (secondary N) is 2. The monoisotopic (exact) mass is 473 g/mol. The minimum Gasteiger partial charge on any atom is -0.497 e. The number of aliphatic hydroxyl groups is 1. The van der Waals surface area contributed by atoms with Gasteiger partial charge >= 0.3 is 6.03 Å². The van der Waals surface area contributed by atoms with Gasteiger partial charge in [0, 0.05) is 12.2 Å². The number of piperidine rings is 1. The fourth-order valence-electron chi connectivity index (χ4n) is 3.92. The van der Waals surface area contributed by atoms with E-state index < -0.39 is 16.1 Å². The Hall–Kier alpha value is -2.71. The number of anilines is 1. The summed E-state index contributed by atoms with van der Waals surface area (Å²) in [7, 11) is 0.721. The van der Waals surface area contributed by atoms with Crippen molar-refractivity contribution in [1.29, 1.82) is 0 Å². The second-order valence-electron chi connectivity index (χ2n) is 9.03. The number of urea groups is 1. The Kier molecular flexibility index (Phi) is 8.26. The molecular weight excluding hydrogens is 438 g/mol. The summed E-state index contributed by atoms with van der Waals surface area (Å²) in [6.07, 6.45) is 9.27. The average molecular weight is 474 g/mol. The molecule has 180 valence electrons. The highest BCUT2D eigenvalue weighted by Crippen LogP contribution is 2.45. The first-order valence-electron chi connectivity index (χ1n) is 11.1. The molecule has 8 heteroatoms. The lowest BCUT2D eigenvalue weighted by Gasteiger charge is -2.35. The molecule has 0 saturated carbocycles. The SMILES string of the molecule is COc1ccc(C(NC(=O)N2CCCCC2CO)C(=O)Nc2ccc(S(C)(C)C)cc2)cc1. The molecular formula is C25H35N3O4S. The fourth-order valence-corrected chi connectivity index (χ4v) is 4.87. The lowest BCUT2D eigenvalue weighted by molar-refractivity contribution is -0.118. The number of aliphatic hydroxyl groups excluding tert-OH is 1. The van der Waals surface area contributed by atoms with Crippen LogP contribution in [-0.4, -0.2) is 67.0 Å². The van der Waals surface area contributed by atoms with Gasteiger partial charge in [0.05, 0.1) is 19.8 Å². The fraction of sp³-hybridized carbons (Fsp3) is 0.440. The molecule has 0 aromatic heterocycles. The normalized spacial score (nSPS) is 17.7. The molecule has 1 heterocycles. The number of ether oxygens (including phenoxy) is 1. The van der Waals surface area contributed by atoms with Crippen LogP contribution in [0.4, 0.5) is 10.5 Å². The number of amides is 3. The van der Waals surface area contributed by atoms with E-state index in [9.17, 15) is 14.7 Å². The minimum absolute atomic E-state index is 0.0884. The zero-order valence-electron chi connectivity index (χ0n) is 19.8. The van der Waals surface area contributed by atoms with Crippen molar-refractivity contribution in [3.63, 3.8) is 0 Å². The number of likely N-dealkylation sites (tertiary alicyclic amines) is 1. The van der Waals surface area contributed by atoms with Gasteiger partial charge in [-0.3, -0.25) is 4.79 Å². The van der Waals surface area contributed by atoms with Gasteiger partial charge in [-0.25, -0.2) is 14.8 Å². The number of hydrogen-bond acceptors (Lipinski definition) is 4. The molecule has 3 rings (SSSR count). The third kappa shape index (κ3) is 6.42. The number of carbonyl (C=O) groups excluding carboxylic acids is 2. The van der Waals surface area contributed by atoms with Crippen LogP contribution in [0.3, 0.4) is 0 Å². The van der Waals surface area contributed by atoms with E-state index in [2.05, 4.69) is 29.4 Å². The van der Waals surface area contributed by atoms with E-state index in [1.54, 1.807) is 36.3 Å². The summed E-state index contributed by atoms with van der Waals surface area (Å²) in [6, 6.07) is 13.5. The Morgan fingerprint density at radius 2 is 1.76 bits per heavy atom. The van der Waals surface area contributed by atoms with Crippen LogP contribution in [0.25, 0.3) is 0 Å². The first-order chi connectivity index (χ1) is 15.7. The standard InChI is InChI=1S/C25H35N3O4S/c1-32-21-12-8-18(9-13-21)23(27-25(31)28-16-6-5-7-20(28)17-29)24(30)26-19-10-14-22(15-11-19)33(2,3)4/h8-15,20,23,29H,5-7,16-17H2,1-4H3,(H,26,30)(H,27,31). The Bertz CT molecular complexity index is 942. The van der Waals surface area contributed by atoms with E-state index >= 15 is 0 Å². The number of nitrogens with zero attached hydrogens (tertiary/aromatic N) is 1. The first kappa shape index (κ1) is 24.9. The highest BCUT2D eigenvalue weighted by molar-refractivity contribution is 8.32. The summed E-state index contributed by atoms with van der Waals surface area (Å²) >= 11 is 0. The largest absolute Gasteiger partial charge is 0.497 e. The number of benzene rings is 2. The van der Waals surface area contributed by atoms with Gasteiger partial charge in [-0.15, -0.1) is 0 Å². The number of methoxy groups -OCH3 is 1. The maximum absolute atomic E-state index is 13.3. The van der Waals surface area contributed by atoms with Crippen LogP contribution in [0.15, 0.2) is 53.4 Å². The second kappa shape index (κ2) is 10.9. The van der Waals surface area contributed by atoms with E-state index in [0.717, 1.165) is 19.3 Å². The average Bonchev–Trinajstić information content (AvgIpc) is 2.82. The third-order valence-corrected chi connectivity index (χ3v) is 7.59. The van der Waals surface area contributed by atoms with Gasteiger partial charge in [0.25, 0.3) is 5.91 Å². The van der Waals surface area contributed by atoms with E-state index in [4.69, 9.17) is 4.74 Å². The van der Waals surface area contributed by atoms with Gasteiger partial charge in [-0.05, 0) is 84.9 Å². The summed E-state index contributed by atoms with van der Waals surface area (Å²) in [4.78, 5) is 29.3. The van der Waals surface area contributed by atoms with Gasteiger partial charge in [0.1, 0.15) is 11.8 Å². The van der Waals surface area contributed by atoms with Crippen molar-refractivity contribution in [3.05, 3.63) is 54.1 Å². The van der Waals surface area contributed by atoms with Gasteiger partial charge in [-0.2, -0.15) is 0 Å². The van der Waals surface area contributed by atoms with Gasteiger partial charge in [0.2, 0.25) is 0 Å². The van der Waals surface area contributed by atoms with E-state index in [0.29, 0.717) is 23.5 Å². The lowest BCUT2D eigenvalue weighted by Crippen LogP contribution is -2.52. The topological polar surface area (TPSA) is 90.9 Å². The minimum atomic E-state index is -0.891. The van der Waals surface area contributed by atoms with Crippen molar-refractivity contribution >= 4 is 27.7 Å². The summed E-state index contributed by atoms with van der Waals surface area (Å²) in [5.41, 5.74) is 1.32. The maximum atomic E-state index is 13.3. The van der Waals surface area contributed by atoms with Crippen LogP contribution in [0, 0.1) is 0 Å². The second-order valence-corrected chi connectivity index (χ2v) is 13.2. The Morgan fingerprint density at radius 1 is 1.09 bits per heavy atom. The number of rotatable bonds is 7. The van der Waals surface area contributed by atoms with Crippen molar-refractivity contribution in [3.8, 4) is 5.75 Å². The van der Waals surface area contributed by atoms with Crippen LogP contribution in [0.1, 0.15) is 30.9 Å². The van der Waals surface area contributed by atoms with Crippen LogP contribution < -0.4 is 15.4 Å². The molecule has 3 amide bonds. The molecule has 1 fully saturated rings. The lowest BCUT2D eigenvalue weighted by atomic mass is 10.0. The molecule has 0 aliphatic carbocycles. The highest BCUT2D eigenvalue weighted by atomic mass is 32.3. The Labute approximate surface area is 197 Å². The van der Waals surface area contributed by atoms with Crippen LogP contribution >= 0.6 is 10.0 Å². The quantitative estimate of drug-likeness (QED) is 0.567. The molecule has 0 bridgehead atoms. The van der Waals surface area contributed by atoms with Crippen molar-refractivity contribution in [2.75, 3.05) is 44.3 Å². The molecule has 1 aliphatic heterocycles. The van der Waals surface area contributed by atoms with Crippen molar-refractivity contribution in [1.82, 2.24) is 10.2 Å². The molecule has 2 aromatic rings. The smallest absolute Gasteiger partial charge is 0.318 e. The van der Waals surface area contributed by atoms with Crippen LogP contribution in [0.2, 0.25) is 0 Å². The van der Waals surface area contributed by atoms with Crippen LogP contribution in [0.5, 0.6) is 5.75 Å². The highest BCUT2D eigenvalue weighted by Gasteiger charge is 2.30. The van der Waals surface area contributed by atoms with Gasteiger partial charge < -0.3 is 25.4 Å².